The SMILES string of the molecule is CNc1c(C)nsc1-c1ccc(-c2ccc(C3(C(=O)O)CC3)cc2)cc1F. The molecule has 0 atom stereocenters. The molecule has 1 aromatic heterocycles. The van der Waals surface area contributed by atoms with E-state index in [2.05, 4.69) is 9.69 Å². The number of aromatic nitrogens is 1. The number of carbonyl (C=O) groups is 1. The smallest absolute Gasteiger partial charge is 0.314 e. The number of anilines is 1. The summed E-state index contributed by atoms with van der Waals surface area (Å²) < 4.78 is 19.1. The van der Waals surface area contributed by atoms with Crippen molar-refractivity contribution >= 4 is 23.2 Å². The molecule has 1 aliphatic rings. The zero-order chi connectivity index (χ0) is 19.2. The van der Waals surface area contributed by atoms with Crippen LogP contribution in [0.2, 0.25) is 0 Å². The topological polar surface area (TPSA) is 62.2 Å². The summed E-state index contributed by atoms with van der Waals surface area (Å²) in [6, 6.07) is 12.6. The molecule has 27 heavy (non-hydrogen) atoms. The molecule has 4 nitrogen and oxygen atoms in total. The molecule has 0 aliphatic heterocycles. The molecule has 0 unspecified atom stereocenters. The number of carboxylic acids is 1. The number of carboxylic acid groups (broad SMARTS) is 1. The van der Waals surface area contributed by atoms with Gasteiger partial charge in [0.2, 0.25) is 0 Å². The highest BCUT2D eigenvalue weighted by molar-refractivity contribution is 7.10. The lowest BCUT2D eigenvalue weighted by Crippen LogP contribution is -2.19. The van der Waals surface area contributed by atoms with Crippen LogP contribution < -0.4 is 5.32 Å². The Morgan fingerprint density at radius 3 is 2.41 bits per heavy atom. The second-order valence-electron chi connectivity index (χ2n) is 6.88. The number of aryl methyl sites for hydroxylation is 1. The molecule has 1 saturated carbocycles. The number of hydrogen-bond donors (Lipinski definition) is 2. The Hall–Kier alpha value is -2.73. The summed E-state index contributed by atoms with van der Waals surface area (Å²) >= 11 is 1.28. The molecule has 0 saturated heterocycles. The monoisotopic (exact) mass is 382 g/mol. The van der Waals surface area contributed by atoms with E-state index in [1.54, 1.807) is 13.1 Å². The third-order valence-electron chi connectivity index (χ3n) is 5.26. The Morgan fingerprint density at radius 1 is 1.19 bits per heavy atom. The highest BCUT2D eigenvalue weighted by Gasteiger charge is 2.51. The lowest BCUT2D eigenvalue weighted by atomic mass is 9.93. The zero-order valence-corrected chi connectivity index (χ0v) is 15.9. The maximum Gasteiger partial charge on any atom is 0.314 e. The van der Waals surface area contributed by atoms with Gasteiger partial charge in [0.15, 0.2) is 0 Å². The first-order chi connectivity index (χ1) is 13.0. The van der Waals surface area contributed by atoms with Crippen molar-refractivity contribution in [3.05, 3.63) is 59.5 Å². The summed E-state index contributed by atoms with van der Waals surface area (Å²) in [5.41, 5.74) is 3.93. The Labute approximate surface area is 160 Å². The molecule has 2 aromatic carbocycles. The molecule has 1 heterocycles. The Morgan fingerprint density at radius 2 is 1.85 bits per heavy atom. The van der Waals surface area contributed by atoms with Gasteiger partial charge in [0.05, 0.1) is 21.7 Å². The summed E-state index contributed by atoms with van der Waals surface area (Å²) in [6.45, 7) is 1.89. The molecule has 4 rings (SSSR count). The van der Waals surface area contributed by atoms with Crippen molar-refractivity contribution in [1.82, 2.24) is 4.37 Å². The highest BCUT2D eigenvalue weighted by atomic mass is 32.1. The third kappa shape index (κ3) is 2.90. The van der Waals surface area contributed by atoms with E-state index in [-0.39, 0.29) is 5.82 Å². The van der Waals surface area contributed by atoms with Gasteiger partial charge in [-0.3, -0.25) is 4.79 Å². The Bertz CT molecular complexity index is 1020. The second-order valence-corrected chi connectivity index (χ2v) is 7.65. The quantitative estimate of drug-likeness (QED) is 0.646. The van der Waals surface area contributed by atoms with Crippen molar-refractivity contribution in [1.29, 1.82) is 0 Å². The number of benzene rings is 2. The maximum absolute atomic E-state index is 14.8. The lowest BCUT2D eigenvalue weighted by molar-refractivity contribution is -0.140. The fourth-order valence-corrected chi connectivity index (χ4v) is 4.38. The number of rotatable bonds is 5. The third-order valence-corrected chi connectivity index (χ3v) is 6.23. The van der Waals surface area contributed by atoms with Gasteiger partial charge in [-0.15, -0.1) is 0 Å². The minimum Gasteiger partial charge on any atom is -0.481 e. The van der Waals surface area contributed by atoms with Crippen molar-refractivity contribution in [3.63, 3.8) is 0 Å². The first-order valence-corrected chi connectivity index (χ1v) is 9.52. The standard InChI is InChI=1S/C21H19FN2O2S/c1-12-18(23-2)19(27-24-12)16-8-5-14(11-17(16)22)13-3-6-15(7-4-13)21(9-10-21)20(25)26/h3-8,11,23H,9-10H2,1-2H3,(H,25,26). The molecule has 0 amide bonds. The number of nitrogens with one attached hydrogen (secondary N) is 1. The van der Waals surface area contributed by atoms with E-state index in [0.29, 0.717) is 18.4 Å². The summed E-state index contributed by atoms with van der Waals surface area (Å²) in [4.78, 5) is 12.2. The molecule has 0 bridgehead atoms. The van der Waals surface area contributed by atoms with Crippen molar-refractivity contribution < 1.29 is 14.3 Å². The van der Waals surface area contributed by atoms with Gasteiger partial charge in [0.1, 0.15) is 5.82 Å². The molecule has 1 aliphatic carbocycles. The van der Waals surface area contributed by atoms with Crippen LogP contribution >= 0.6 is 11.5 Å². The van der Waals surface area contributed by atoms with Crippen LogP contribution in [0.3, 0.4) is 0 Å². The van der Waals surface area contributed by atoms with Crippen molar-refractivity contribution in [3.8, 4) is 21.6 Å². The molecule has 3 aromatic rings. The van der Waals surface area contributed by atoms with Gasteiger partial charge in [-0.2, -0.15) is 4.37 Å². The van der Waals surface area contributed by atoms with Crippen LogP contribution in [-0.4, -0.2) is 22.5 Å². The van der Waals surface area contributed by atoms with E-state index in [4.69, 9.17) is 0 Å². The lowest BCUT2D eigenvalue weighted by Gasteiger charge is -2.11. The molecule has 2 N–H and O–H groups in total. The molecule has 1 fully saturated rings. The van der Waals surface area contributed by atoms with Crippen molar-refractivity contribution in [2.24, 2.45) is 0 Å². The van der Waals surface area contributed by atoms with Gasteiger partial charge in [0, 0.05) is 12.6 Å². The van der Waals surface area contributed by atoms with Gasteiger partial charge in [-0.1, -0.05) is 30.3 Å². The number of hydrogen-bond acceptors (Lipinski definition) is 4. The van der Waals surface area contributed by atoms with Crippen LogP contribution in [0.4, 0.5) is 10.1 Å². The molecular weight excluding hydrogens is 363 g/mol. The fourth-order valence-electron chi connectivity index (χ4n) is 3.46. The maximum atomic E-state index is 14.8. The molecule has 0 spiro atoms. The Kier molecular flexibility index (Phi) is 4.23. The van der Waals surface area contributed by atoms with E-state index in [9.17, 15) is 14.3 Å². The van der Waals surface area contributed by atoms with Gasteiger partial charge >= 0.3 is 5.97 Å². The van der Waals surface area contributed by atoms with Gasteiger partial charge in [-0.05, 0) is 60.1 Å². The van der Waals surface area contributed by atoms with Crippen LogP contribution in [0.1, 0.15) is 24.1 Å². The van der Waals surface area contributed by atoms with Crippen LogP contribution in [0, 0.1) is 12.7 Å². The van der Waals surface area contributed by atoms with Gasteiger partial charge in [-0.25, -0.2) is 4.39 Å². The second kappa shape index (κ2) is 6.46. The summed E-state index contributed by atoms with van der Waals surface area (Å²) in [6.07, 6.45) is 1.35. The van der Waals surface area contributed by atoms with Crippen LogP contribution in [0.5, 0.6) is 0 Å². The number of halogens is 1. The first-order valence-electron chi connectivity index (χ1n) is 8.74. The average molecular weight is 382 g/mol. The fraction of sp³-hybridized carbons (Fsp3) is 0.238. The minimum absolute atomic E-state index is 0.305. The van der Waals surface area contributed by atoms with Crippen LogP contribution in [0.15, 0.2) is 42.5 Å². The van der Waals surface area contributed by atoms with E-state index in [1.165, 1.54) is 17.6 Å². The van der Waals surface area contributed by atoms with Crippen LogP contribution in [-0.2, 0) is 10.2 Å². The summed E-state index contributed by atoms with van der Waals surface area (Å²) in [7, 11) is 1.80. The van der Waals surface area contributed by atoms with Crippen molar-refractivity contribution in [2.75, 3.05) is 12.4 Å². The van der Waals surface area contributed by atoms with E-state index >= 15 is 0 Å². The largest absolute Gasteiger partial charge is 0.481 e. The highest BCUT2D eigenvalue weighted by Crippen LogP contribution is 2.48. The average Bonchev–Trinajstić information content (AvgIpc) is 3.40. The predicted octanol–water partition coefficient (Wildman–Crippen LogP) is 5.08. The van der Waals surface area contributed by atoms with E-state index < -0.39 is 11.4 Å². The Balaban J connectivity index is 1.66. The van der Waals surface area contributed by atoms with E-state index in [0.717, 1.165) is 32.9 Å². The normalized spacial score (nSPS) is 14.8. The number of nitrogens with zero attached hydrogens (tertiary/aromatic N) is 1. The zero-order valence-electron chi connectivity index (χ0n) is 15.0. The molecule has 138 valence electrons. The first kappa shape index (κ1) is 17.7. The minimum atomic E-state index is -0.772. The van der Waals surface area contributed by atoms with Gasteiger partial charge in [0.25, 0.3) is 0 Å². The molecule has 6 heteroatoms. The summed E-state index contributed by atoms with van der Waals surface area (Å²) in [5, 5.41) is 12.5. The predicted molar refractivity (Wildman–Crippen MR) is 106 cm³/mol. The van der Waals surface area contributed by atoms with Crippen LogP contribution in [0.25, 0.3) is 21.6 Å². The van der Waals surface area contributed by atoms with E-state index in [1.807, 2.05) is 37.3 Å². The van der Waals surface area contributed by atoms with Gasteiger partial charge < -0.3 is 10.4 Å². The number of aliphatic carboxylic acids is 1. The molecular formula is C21H19FN2O2S. The van der Waals surface area contributed by atoms with Crippen molar-refractivity contribution in [2.45, 2.75) is 25.2 Å². The molecule has 0 radical (unpaired) electrons. The summed E-state index contributed by atoms with van der Waals surface area (Å²) in [5.74, 6) is -1.08.